The highest BCUT2D eigenvalue weighted by Gasteiger charge is 2.06. The monoisotopic (exact) mass is 325 g/mol. The average molecular weight is 326 g/mol. The number of hydrogen-bond donors (Lipinski definition) is 1. The first-order valence-corrected chi connectivity index (χ1v) is 6.74. The standard InChI is InChI=1S/C14H20BrN3O/c1-11(15)9-17-14(16-2)18(3)10-12-5-7-13(19-4)8-6-12/h5-8H,1,9-10H2,2-4H3,(H,16,17). The molecule has 0 aliphatic heterocycles. The van der Waals surface area contributed by atoms with Crippen molar-refractivity contribution >= 4 is 21.9 Å². The second-order valence-corrected chi connectivity index (χ2v) is 5.24. The van der Waals surface area contributed by atoms with Crippen molar-refractivity contribution in [2.45, 2.75) is 6.54 Å². The summed E-state index contributed by atoms with van der Waals surface area (Å²) in [5.74, 6) is 1.70. The third-order valence-corrected chi connectivity index (χ3v) is 2.87. The predicted molar refractivity (Wildman–Crippen MR) is 83.9 cm³/mol. The van der Waals surface area contributed by atoms with Gasteiger partial charge in [-0.3, -0.25) is 4.99 Å². The smallest absolute Gasteiger partial charge is 0.193 e. The van der Waals surface area contributed by atoms with Crippen LogP contribution in [-0.4, -0.2) is 38.6 Å². The molecule has 1 N–H and O–H groups in total. The van der Waals surface area contributed by atoms with Gasteiger partial charge in [-0.25, -0.2) is 0 Å². The van der Waals surface area contributed by atoms with Crippen molar-refractivity contribution in [2.24, 2.45) is 4.99 Å². The zero-order chi connectivity index (χ0) is 14.3. The molecular weight excluding hydrogens is 306 g/mol. The van der Waals surface area contributed by atoms with E-state index in [1.54, 1.807) is 14.2 Å². The Labute approximate surface area is 123 Å². The Hall–Kier alpha value is -1.49. The summed E-state index contributed by atoms with van der Waals surface area (Å²) in [4.78, 5) is 6.29. The summed E-state index contributed by atoms with van der Waals surface area (Å²) in [6, 6.07) is 8.01. The lowest BCUT2D eigenvalue weighted by atomic mass is 10.2. The second kappa shape index (κ2) is 7.84. The zero-order valence-electron chi connectivity index (χ0n) is 11.6. The lowest BCUT2D eigenvalue weighted by Crippen LogP contribution is -2.38. The molecule has 0 bridgehead atoms. The van der Waals surface area contributed by atoms with Crippen LogP contribution in [0.2, 0.25) is 0 Å². The van der Waals surface area contributed by atoms with E-state index in [1.807, 2.05) is 31.3 Å². The molecule has 0 radical (unpaired) electrons. The van der Waals surface area contributed by atoms with Gasteiger partial charge in [-0.15, -0.1) is 0 Å². The number of guanidine groups is 1. The third kappa shape index (κ3) is 5.34. The van der Waals surface area contributed by atoms with Crippen LogP contribution in [0.15, 0.2) is 40.3 Å². The average Bonchev–Trinajstić information content (AvgIpc) is 2.40. The molecule has 5 heteroatoms. The van der Waals surface area contributed by atoms with Crippen molar-refractivity contribution in [3.8, 4) is 5.75 Å². The van der Waals surface area contributed by atoms with E-state index in [4.69, 9.17) is 4.74 Å². The molecule has 0 aliphatic carbocycles. The van der Waals surface area contributed by atoms with Crippen LogP contribution < -0.4 is 10.1 Å². The van der Waals surface area contributed by atoms with Gasteiger partial charge in [-0.2, -0.15) is 0 Å². The maximum Gasteiger partial charge on any atom is 0.193 e. The Morgan fingerprint density at radius 3 is 2.53 bits per heavy atom. The van der Waals surface area contributed by atoms with Gasteiger partial charge < -0.3 is 15.0 Å². The van der Waals surface area contributed by atoms with Gasteiger partial charge >= 0.3 is 0 Å². The molecule has 104 valence electrons. The topological polar surface area (TPSA) is 36.9 Å². The van der Waals surface area contributed by atoms with E-state index < -0.39 is 0 Å². The van der Waals surface area contributed by atoms with E-state index in [9.17, 15) is 0 Å². The van der Waals surface area contributed by atoms with Crippen LogP contribution in [-0.2, 0) is 6.54 Å². The molecule has 0 unspecified atom stereocenters. The van der Waals surface area contributed by atoms with Gasteiger partial charge in [0, 0.05) is 31.7 Å². The number of benzene rings is 1. The van der Waals surface area contributed by atoms with E-state index in [0.29, 0.717) is 6.54 Å². The summed E-state index contributed by atoms with van der Waals surface area (Å²) in [5.41, 5.74) is 1.20. The number of nitrogens with one attached hydrogen (secondary N) is 1. The maximum absolute atomic E-state index is 5.14. The fourth-order valence-electron chi connectivity index (χ4n) is 1.64. The molecule has 19 heavy (non-hydrogen) atoms. The molecular formula is C14H20BrN3O. The summed E-state index contributed by atoms with van der Waals surface area (Å²) in [6.07, 6.45) is 0. The van der Waals surface area contributed by atoms with E-state index in [2.05, 4.69) is 37.7 Å². The van der Waals surface area contributed by atoms with Crippen LogP contribution in [0.4, 0.5) is 0 Å². The molecule has 0 saturated carbocycles. The Kier molecular flexibility index (Phi) is 6.42. The molecule has 4 nitrogen and oxygen atoms in total. The first kappa shape index (κ1) is 15.6. The van der Waals surface area contributed by atoms with Crippen LogP contribution in [0.1, 0.15) is 5.56 Å². The van der Waals surface area contributed by atoms with Gasteiger partial charge in [0.25, 0.3) is 0 Å². The number of methoxy groups -OCH3 is 1. The minimum Gasteiger partial charge on any atom is -0.497 e. The number of halogens is 1. The van der Waals surface area contributed by atoms with Crippen molar-refractivity contribution < 1.29 is 4.74 Å². The van der Waals surface area contributed by atoms with Crippen LogP contribution in [0.3, 0.4) is 0 Å². The normalized spacial score (nSPS) is 11.1. The van der Waals surface area contributed by atoms with Gasteiger partial charge in [-0.1, -0.05) is 34.6 Å². The Morgan fingerprint density at radius 1 is 1.42 bits per heavy atom. The van der Waals surface area contributed by atoms with Crippen LogP contribution in [0, 0.1) is 0 Å². The Bertz CT molecular complexity index is 443. The molecule has 1 aromatic rings. The number of rotatable bonds is 5. The Balaban J connectivity index is 2.60. The van der Waals surface area contributed by atoms with Crippen LogP contribution in [0.5, 0.6) is 5.75 Å². The molecule has 0 aliphatic rings. The van der Waals surface area contributed by atoms with E-state index in [0.717, 1.165) is 22.7 Å². The van der Waals surface area contributed by atoms with Crippen LogP contribution in [0.25, 0.3) is 0 Å². The number of nitrogens with zero attached hydrogens (tertiary/aromatic N) is 2. The van der Waals surface area contributed by atoms with Crippen LogP contribution >= 0.6 is 15.9 Å². The van der Waals surface area contributed by atoms with Gasteiger partial charge in [0.15, 0.2) is 5.96 Å². The lowest BCUT2D eigenvalue weighted by molar-refractivity contribution is 0.414. The molecule has 0 heterocycles. The Morgan fingerprint density at radius 2 is 2.05 bits per heavy atom. The highest BCUT2D eigenvalue weighted by Crippen LogP contribution is 2.12. The number of ether oxygens (including phenoxy) is 1. The predicted octanol–water partition coefficient (Wildman–Crippen LogP) is 2.61. The molecule has 0 spiro atoms. The van der Waals surface area contributed by atoms with Gasteiger partial charge in [-0.05, 0) is 17.7 Å². The molecule has 1 rings (SSSR count). The summed E-state index contributed by atoms with van der Waals surface area (Å²) < 4.78 is 6.04. The van der Waals surface area contributed by atoms with Crippen molar-refractivity contribution in [3.05, 3.63) is 40.9 Å². The van der Waals surface area contributed by atoms with Crippen molar-refractivity contribution in [2.75, 3.05) is 27.7 Å². The molecule has 0 aromatic heterocycles. The summed E-state index contributed by atoms with van der Waals surface area (Å²) in [7, 11) is 5.43. The summed E-state index contributed by atoms with van der Waals surface area (Å²) in [6.45, 7) is 5.22. The first-order chi connectivity index (χ1) is 9.06. The minimum absolute atomic E-state index is 0.652. The van der Waals surface area contributed by atoms with Gasteiger partial charge in [0.1, 0.15) is 5.75 Å². The first-order valence-electron chi connectivity index (χ1n) is 5.94. The molecule has 0 amide bonds. The molecule has 0 atom stereocenters. The summed E-state index contributed by atoms with van der Waals surface area (Å²) in [5, 5.41) is 3.22. The van der Waals surface area contributed by atoms with E-state index in [-0.39, 0.29) is 0 Å². The van der Waals surface area contributed by atoms with E-state index in [1.165, 1.54) is 5.56 Å². The summed E-state index contributed by atoms with van der Waals surface area (Å²) >= 11 is 3.32. The molecule has 0 saturated heterocycles. The highest BCUT2D eigenvalue weighted by molar-refractivity contribution is 9.11. The number of aliphatic imine (C=N–C) groups is 1. The SMILES string of the molecule is C=C(Br)CNC(=NC)N(C)Cc1ccc(OC)cc1. The fourth-order valence-corrected chi connectivity index (χ4v) is 1.78. The van der Waals surface area contributed by atoms with Gasteiger partial charge in [0.2, 0.25) is 0 Å². The quantitative estimate of drug-likeness (QED) is 0.668. The molecule has 1 aromatic carbocycles. The zero-order valence-corrected chi connectivity index (χ0v) is 13.2. The largest absolute Gasteiger partial charge is 0.497 e. The molecule has 0 fully saturated rings. The maximum atomic E-state index is 5.14. The highest BCUT2D eigenvalue weighted by atomic mass is 79.9. The van der Waals surface area contributed by atoms with Crippen molar-refractivity contribution in [3.63, 3.8) is 0 Å². The lowest BCUT2D eigenvalue weighted by Gasteiger charge is -2.22. The number of hydrogen-bond acceptors (Lipinski definition) is 2. The second-order valence-electron chi connectivity index (χ2n) is 4.12. The van der Waals surface area contributed by atoms with Crippen molar-refractivity contribution in [1.29, 1.82) is 0 Å². The fraction of sp³-hybridized carbons (Fsp3) is 0.357. The minimum atomic E-state index is 0.652. The van der Waals surface area contributed by atoms with Crippen molar-refractivity contribution in [1.82, 2.24) is 10.2 Å². The van der Waals surface area contributed by atoms with E-state index >= 15 is 0 Å². The van der Waals surface area contributed by atoms with Gasteiger partial charge in [0.05, 0.1) is 7.11 Å². The third-order valence-electron chi connectivity index (χ3n) is 2.59.